The Morgan fingerprint density at radius 3 is 2.37 bits per heavy atom. The average molecular weight is 410 g/mol. The Morgan fingerprint density at radius 2 is 1.67 bits per heavy atom. The third-order valence-electron chi connectivity index (χ3n) is 6.10. The highest BCUT2D eigenvalue weighted by Crippen LogP contribution is 2.23. The minimum Gasteiger partial charge on any atom is -0.349 e. The minimum atomic E-state index is -0.323. The number of likely N-dealkylation sites (tertiary alicyclic amines) is 1. The molecule has 0 spiro atoms. The van der Waals surface area contributed by atoms with Crippen molar-refractivity contribution in [2.45, 2.75) is 44.6 Å². The number of carbonyl (C=O) groups is 2. The molecule has 5 nitrogen and oxygen atoms in total. The van der Waals surface area contributed by atoms with Crippen molar-refractivity contribution in [2.75, 3.05) is 18.4 Å². The first kappa shape index (κ1) is 20.4. The summed E-state index contributed by atoms with van der Waals surface area (Å²) in [7, 11) is 0. The third kappa shape index (κ3) is 5.17. The van der Waals surface area contributed by atoms with Crippen molar-refractivity contribution in [3.63, 3.8) is 0 Å². The Kier molecular flexibility index (Phi) is 6.31. The van der Waals surface area contributed by atoms with Gasteiger partial charge in [0.25, 0.3) is 5.91 Å². The predicted molar refractivity (Wildman–Crippen MR) is 115 cm³/mol. The molecule has 6 heteroatoms. The molecule has 1 unspecified atom stereocenters. The van der Waals surface area contributed by atoms with Crippen LogP contribution in [0.25, 0.3) is 0 Å². The number of hydrogen-bond acceptors (Lipinski definition) is 2. The van der Waals surface area contributed by atoms with Gasteiger partial charge in [-0.1, -0.05) is 25.0 Å². The van der Waals surface area contributed by atoms with Crippen LogP contribution < -0.4 is 10.6 Å². The first-order valence-corrected chi connectivity index (χ1v) is 10.8. The molecule has 1 aliphatic heterocycles. The Balaban J connectivity index is 1.26. The standard InChI is InChI=1S/C24H28FN3O2/c25-20-9-11-22(12-10-20)27-24(30)28-14-13-18(16-28)15-17-5-7-19(8-6-17)23(29)26-21-3-1-2-4-21/h5-12,18,21H,1-4,13-16H2,(H,26,29)(H,27,30). The number of amides is 3. The highest BCUT2D eigenvalue weighted by atomic mass is 19.1. The van der Waals surface area contributed by atoms with Gasteiger partial charge in [-0.2, -0.15) is 0 Å². The van der Waals surface area contributed by atoms with Crippen molar-refractivity contribution < 1.29 is 14.0 Å². The zero-order valence-electron chi connectivity index (χ0n) is 17.1. The topological polar surface area (TPSA) is 61.4 Å². The van der Waals surface area contributed by atoms with Crippen LogP contribution in [0.1, 0.15) is 48.0 Å². The van der Waals surface area contributed by atoms with Crippen LogP contribution >= 0.6 is 0 Å². The minimum absolute atomic E-state index is 0.0120. The fourth-order valence-corrected chi connectivity index (χ4v) is 4.38. The van der Waals surface area contributed by atoms with Crippen molar-refractivity contribution in [1.82, 2.24) is 10.2 Å². The van der Waals surface area contributed by atoms with Crippen molar-refractivity contribution in [1.29, 1.82) is 0 Å². The van der Waals surface area contributed by atoms with E-state index in [2.05, 4.69) is 10.6 Å². The number of hydrogen-bond donors (Lipinski definition) is 2. The van der Waals surface area contributed by atoms with E-state index in [-0.39, 0.29) is 17.8 Å². The number of benzene rings is 2. The van der Waals surface area contributed by atoms with E-state index in [0.29, 0.717) is 36.3 Å². The quantitative estimate of drug-likeness (QED) is 0.758. The van der Waals surface area contributed by atoms with E-state index >= 15 is 0 Å². The molecular formula is C24H28FN3O2. The van der Waals surface area contributed by atoms with E-state index in [1.807, 2.05) is 24.3 Å². The SMILES string of the molecule is O=C(NC1CCCC1)c1ccc(CC2CCN(C(=O)Nc3ccc(F)cc3)C2)cc1. The van der Waals surface area contributed by atoms with Gasteiger partial charge in [0.2, 0.25) is 0 Å². The normalized spacial score (nSPS) is 19.1. The average Bonchev–Trinajstić information content (AvgIpc) is 3.42. The fourth-order valence-electron chi connectivity index (χ4n) is 4.38. The lowest BCUT2D eigenvalue weighted by molar-refractivity contribution is 0.0938. The third-order valence-corrected chi connectivity index (χ3v) is 6.10. The molecule has 2 N–H and O–H groups in total. The van der Waals surface area contributed by atoms with Gasteiger partial charge in [-0.15, -0.1) is 0 Å². The number of anilines is 1. The summed E-state index contributed by atoms with van der Waals surface area (Å²) in [4.78, 5) is 26.6. The maximum Gasteiger partial charge on any atom is 0.321 e. The second kappa shape index (κ2) is 9.28. The summed E-state index contributed by atoms with van der Waals surface area (Å²) in [5.41, 5.74) is 2.48. The summed E-state index contributed by atoms with van der Waals surface area (Å²) in [6, 6.07) is 13.8. The lowest BCUT2D eigenvalue weighted by atomic mass is 9.98. The van der Waals surface area contributed by atoms with E-state index in [1.165, 1.54) is 30.5 Å². The van der Waals surface area contributed by atoms with Crippen LogP contribution in [0.4, 0.5) is 14.9 Å². The van der Waals surface area contributed by atoms with E-state index in [1.54, 1.807) is 17.0 Å². The van der Waals surface area contributed by atoms with E-state index < -0.39 is 0 Å². The molecule has 1 heterocycles. The van der Waals surface area contributed by atoms with Crippen LogP contribution in [0.3, 0.4) is 0 Å². The van der Waals surface area contributed by atoms with Crippen molar-refractivity contribution >= 4 is 17.6 Å². The van der Waals surface area contributed by atoms with Gasteiger partial charge >= 0.3 is 6.03 Å². The molecule has 1 aliphatic carbocycles. The van der Waals surface area contributed by atoms with E-state index in [0.717, 1.165) is 25.7 Å². The maximum absolute atomic E-state index is 13.0. The summed E-state index contributed by atoms with van der Waals surface area (Å²) in [5.74, 6) is 0.0800. The Hall–Kier alpha value is -2.89. The monoisotopic (exact) mass is 409 g/mol. The Bertz CT molecular complexity index is 876. The van der Waals surface area contributed by atoms with Crippen molar-refractivity contribution in [3.8, 4) is 0 Å². The molecule has 2 aromatic carbocycles. The van der Waals surface area contributed by atoms with Gasteiger partial charge in [-0.05, 0) is 73.6 Å². The molecule has 1 saturated carbocycles. The molecular weight excluding hydrogens is 381 g/mol. The van der Waals surface area contributed by atoms with Crippen LogP contribution in [0, 0.1) is 11.7 Å². The summed E-state index contributed by atoms with van der Waals surface area (Å²) in [6.45, 7) is 1.40. The van der Waals surface area contributed by atoms with Crippen LogP contribution in [0.15, 0.2) is 48.5 Å². The summed E-state index contributed by atoms with van der Waals surface area (Å²) in [6.07, 6.45) is 6.38. The van der Waals surface area contributed by atoms with Gasteiger partial charge in [0.1, 0.15) is 5.82 Å². The van der Waals surface area contributed by atoms with Crippen molar-refractivity contribution in [2.24, 2.45) is 5.92 Å². The number of nitrogens with one attached hydrogen (secondary N) is 2. The molecule has 0 radical (unpaired) electrons. The largest absolute Gasteiger partial charge is 0.349 e. The zero-order valence-corrected chi connectivity index (χ0v) is 17.1. The first-order chi connectivity index (χ1) is 14.6. The smallest absolute Gasteiger partial charge is 0.321 e. The number of halogens is 1. The molecule has 30 heavy (non-hydrogen) atoms. The molecule has 3 amide bonds. The summed E-state index contributed by atoms with van der Waals surface area (Å²) in [5, 5.41) is 5.94. The molecule has 4 rings (SSSR count). The number of nitrogens with zero attached hydrogens (tertiary/aromatic N) is 1. The van der Waals surface area contributed by atoms with Crippen LogP contribution in [0.5, 0.6) is 0 Å². The van der Waals surface area contributed by atoms with Gasteiger partial charge in [0, 0.05) is 30.4 Å². The molecule has 1 saturated heterocycles. The van der Waals surface area contributed by atoms with Gasteiger partial charge in [0.15, 0.2) is 0 Å². The second-order valence-electron chi connectivity index (χ2n) is 8.39. The first-order valence-electron chi connectivity index (χ1n) is 10.8. The molecule has 2 aliphatic rings. The number of urea groups is 1. The summed E-state index contributed by atoms with van der Waals surface area (Å²) >= 11 is 0. The van der Waals surface area contributed by atoms with E-state index in [4.69, 9.17) is 0 Å². The molecule has 2 fully saturated rings. The molecule has 2 aromatic rings. The Labute approximate surface area is 176 Å². The van der Waals surface area contributed by atoms with Gasteiger partial charge < -0.3 is 15.5 Å². The second-order valence-corrected chi connectivity index (χ2v) is 8.39. The maximum atomic E-state index is 13.0. The zero-order chi connectivity index (χ0) is 20.9. The molecule has 0 bridgehead atoms. The van der Waals surface area contributed by atoms with Crippen LogP contribution in [-0.2, 0) is 6.42 Å². The fraction of sp³-hybridized carbons (Fsp3) is 0.417. The molecule has 158 valence electrons. The number of carbonyl (C=O) groups excluding carboxylic acids is 2. The van der Waals surface area contributed by atoms with E-state index in [9.17, 15) is 14.0 Å². The van der Waals surface area contributed by atoms with Gasteiger partial charge in [-0.3, -0.25) is 4.79 Å². The highest BCUT2D eigenvalue weighted by molar-refractivity contribution is 5.94. The van der Waals surface area contributed by atoms with Crippen LogP contribution in [-0.4, -0.2) is 36.0 Å². The lowest BCUT2D eigenvalue weighted by Gasteiger charge is -2.17. The summed E-state index contributed by atoms with van der Waals surface area (Å²) < 4.78 is 13.0. The van der Waals surface area contributed by atoms with Gasteiger partial charge in [-0.25, -0.2) is 9.18 Å². The predicted octanol–water partition coefficient (Wildman–Crippen LogP) is 4.59. The van der Waals surface area contributed by atoms with Gasteiger partial charge in [0.05, 0.1) is 0 Å². The van der Waals surface area contributed by atoms with Crippen LogP contribution in [0.2, 0.25) is 0 Å². The lowest BCUT2D eigenvalue weighted by Crippen LogP contribution is -2.33. The number of rotatable bonds is 5. The highest BCUT2D eigenvalue weighted by Gasteiger charge is 2.26. The molecule has 0 aromatic heterocycles. The molecule has 1 atom stereocenters. The van der Waals surface area contributed by atoms with Crippen molar-refractivity contribution in [3.05, 3.63) is 65.5 Å². The Morgan fingerprint density at radius 1 is 0.967 bits per heavy atom.